The number of nitrogens with zero attached hydrogens (tertiary/aromatic N) is 4. The first-order chi connectivity index (χ1) is 29.4. The summed E-state index contributed by atoms with van der Waals surface area (Å²) >= 11 is 0. The van der Waals surface area contributed by atoms with Crippen molar-refractivity contribution in [1.29, 1.82) is 0 Å². The van der Waals surface area contributed by atoms with E-state index in [1.54, 1.807) is 0 Å². The summed E-state index contributed by atoms with van der Waals surface area (Å²) in [5.74, 6) is 2.10. The van der Waals surface area contributed by atoms with E-state index >= 15 is 0 Å². The minimum Gasteiger partial charge on any atom is -0.509 e. The zero-order chi connectivity index (χ0) is 43.8. The van der Waals surface area contributed by atoms with Crippen molar-refractivity contribution >= 4 is 44.6 Å². The van der Waals surface area contributed by atoms with Gasteiger partial charge in [0.05, 0.1) is 0 Å². The summed E-state index contributed by atoms with van der Waals surface area (Å²) in [7, 11) is 0. The number of rotatable bonds is 7. The van der Waals surface area contributed by atoms with Crippen molar-refractivity contribution < 1.29 is 25.8 Å². The van der Waals surface area contributed by atoms with Crippen LogP contribution >= 0.6 is 0 Å². The van der Waals surface area contributed by atoms with Gasteiger partial charge >= 0.3 is 21.1 Å². The number of ether oxygens (including phenoxy) is 1. The van der Waals surface area contributed by atoms with Crippen LogP contribution in [0.25, 0.3) is 27.6 Å². The molecular weight excluding hydrogens is 964 g/mol. The van der Waals surface area contributed by atoms with Gasteiger partial charge in [0.15, 0.2) is 0 Å². The molecule has 0 amide bonds. The molecule has 9 rings (SSSR count). The third-order valence-corrected chi connectivity index (χ3v) is 12.5. The third-order valence-electron chi connectivity index (χ3n) is 12.5. The minimum atomic E-state index is -0.212. The smallest absolute Gasteiger partial charge is 0.509 e. The molecule has 6 aromatic carbocycles. The molecule has 0 saturated carbocycles. The van der Waals surface area contributed by atoms with Crippen molar-refractivity contribution in [2.24, 2.45) is 0 Å². The number of pyridine rings is 1. The summed E-state index contributed by atoms with van der Waals surface area (Å²) in [6.07, 6.45) is 1.91. The van der Waals surface area contributed by atoms with E-state index in [-0.39, 0.29) is 50.2 Å². The van der Waals surface area contributed by atoms with Crippen LogP contribution in [-0.4, -0.2) is 9.55 Å². The van der Waals surface area contributed by atoms with Crippen molar-refractivity contribution in [3.8, 4) is 17.3 Å². The van der Waals surface area contributed by atoms with Gasteiger partial charge in [0.2, 0.25) is 0 Å². The monoisotopic (exact) mass is 1020 g/mol. The van der Waals surface area contributed by atoms with Gasteiger partial charge in [-0.2, -0.15) is 6.07 Å². The van der Waals surface area contributed by atoms with Crippen LogP contribution in [0.4, 0.5) is 22.7 Å². The number of hydrogen-bond acceptors (Lipinski definition) is 4. The molecule has 64 heavy (non-hydrogen) atoms. The first-order valence-electron chi connectivity index (χ1n) is 21.8. The standard InChI is InChI=1S/C57H57N4O.CH3.Pt/c1-54(2,3)39-20-17-21-43(30-39)59-37-60(50-27-24-41(33-52(50)59)57(10,11)38-18-13-12-14-19-38)44-31-42(56(7,8)9)32-46(35-44)62-45-25-26-48-47-22-15-16-23-49(47)61(51(48)36-45)53-34-40(28-29-58-53)55(4,5)6;;/h12-34,37H,1-11H3;1H3;/q-3;-1;+4. The Bertz CT molecular complexity index is 2960. The molecule has 0 N–H and O–H groups in total. The Hall–Kier alpha value is -5.64. The second kappa shape index (κ2) is 17.1. The zero-order valence-electron chi connectivity index (χ0n) is 39.4. The second-order valence-corrected chi connectivity index (χ2v) is 20.4. The summed E-state index contributed by atoms with van der Waals surface area (Å²) in [5.41, 5.74) is 12.0. The van der Waals surface area contributed by atoms with E-state index in [1.807, 2.05) is 12.3 Å². The number of benzene rings is 6. The van der Waals surface area contributed by atoms with Crippen LogP contribution in [0, 0.1) is 26.2 Å². The van der Waals surface area contributed by atoms with Crippen LogP contribution < -0.4 is 14.5 Å². The van der Waals surface area contributed by atoms with Crippen molar-refractivity contribution in [3.05, 3.63) is 194 Å². The van der Waals surface area contributed by atoms with E-state index in [0.717, 1.165) is 55.9 Å². The minimum absolute atomic E-state index is 0. The Morgan fingerprint density at radius 2 is 1.19 bits per heavy atom. The van der Waals surface area contributed by atoms with Gasteiger partial charge in [-0.05, 0) is 86.3 Å². The number of hydrogen-bond donors (Lipinski definition) is 0. The maximum atomic E-state index is 6.85. The largest absolute Gasteiger partial charge is 4.00 e. The van der Waals surface area contributed by atoms with E-state index in [4.69, 9.17) is 9.72 Å². The number of para-hydroxylation sites is 1. The normalized spacial score (nSPS) is 13.2. The number of anilines is 4. The first-order valence-corrected chi connectivity index (χ1v) is 21.8. The summed E-state index contributed by atoms with van der Waals surface area (Å²) in [5, 5.41) is 2.24. The van der Waals surface area contributed by atoms with E-state index in [0.29, 0.717) is 11.5 Å². The summed E-state index contributed by atoms with van der Waals surface area (Å²) in [6.45, 7) is 27.1. The Balaban J connectivity index is 0.00000306. The van der Waals surface area contributed by atoms with Crippen molar-refractivity contribution in [2.75, 3.05) is 9.80 Å². The van der Waals surface area contributed by atoms with Gasteiger partial charge in [0.25, 0.3) is 0 Å². The van der Waals surface area contributed by atoms with Gasteiger partial charge in [-0.1, -0.05) is 148 Å². The molecule has 328 valence electrons. The van der Waals surface area contributed by atoms with Gasteiger partial charge < -0.3 is 26.5 Å². The molecule has 6 heteroatoms. The molecule has 0 spiro atoms. The maximum absolute atomic E-state index is 6.85. The van der Waals surface area contributed by atoms with E-state index < -0.39 is 0 Å². The summed E-state index contributed by atoms with van der Waals surface area (Å²) < 4.78 is 9.06. The fourth-order valence-electron chi connectivity index (χ4n) is 8.53. The Morgan fingerprint density at radius 3 is 1.91 bits per heavy atom. The fraction of sp³-hybridized carbons (Fsp3) is 0.259. The van der Waals surface area contributed by atoms with Crippen LogP contribution in [0.3, 0.4) is 0 Å². The molecule has 0 atom stereocenters. The van der Waals surface area contributed by atoms with Crippen LogP contribution in [-0.2, 0) is 42.7 Å². The SMILES string of the molecule is CC(C)(C)c1cc(Oc2[c-]c3c(cc2)c2ccccc2n3-c2cc(C(C)(C)C)ccn2)[c-]c(N2[CH-]N(c3cccc(C(C)(C)C)c3)c3cc(C(C)(C)c4ccccc4)ccc32)c1.[CH3-].[Pt+4]. The molecule has 8 aromatic rings. The molecular formula is C58H60N4OPt. The zero-order valence-corrected chi connectivity index (χ0v) is 41.6. The molecule has 0 unspecified atom stereocenters. The average molecular weight is 1020 g/mol. The topological polar surface area (TPSA) is 33.5 Å². The van der Waals surface area contributed by atoms with Gasteiger partial charge in [0, 0.05) is 45.7 Å². The van der Waals surface area contributed by atoms with E-state index in [2.05, 4.69) is 237 Å². The molecule has 1 aliphatic rings. The Kier molecular flexibility index (Phi) is 12.4. The molecule has 0 saturated heterocycles. The van der Waals surface area contributed by atoms with E-state index in [9.17, 15) is 0 Å². The predicted octanol–water partition coefficient (Wildman–Crippen LogP) is 15.6. The Labute approximate surface area is 396 Å². The summed E-state index contributed by atoms with van der Waals surface area (Å²) in [4.78, 5) is 9.48. The fourth-order valence-corrected chi connectivity index (χ4v) is 8.53. The number of fused-ring (bicyclic) bond motifs is 4. The quantitative estimate of drug-likeness (QED) is 0.149. The molecule has 2 aromatic heterocycles. The van der Waals surface area contributed by atoms with Crippen LogP contribution in [0.1, 0.15) is 104 Å². The molecule has 0 aliphatic carbocycles. The maximum Gasteiger partial charge on any atom is 4.00 e. The molecule has 3 heterocycles. The van der Waals surface area contributed by atoms with Crippen molar-refractivity contribution in [2.45, 2.75) is 97.8 Å². The van der Waals surface area contributed by atoms with Crippen LogP contribution in [0.5, 0.6) is 11.5 Å². The van der Waals surface area contributed by atoms with Crippen molar-refractivity contribution in [1.82, 2.24) is 9.55 Å². The summed E-state index contributed by atoms with van der Waals surface area (Å²) in [6, 6.07) is 55.3. The average Bonchev–Trinajstić information content (AvgIpc) is 3.79. The predicted molar refractivity (Wildman–Crippen MR) is 265 cm³/mol. The van der Waals surface area contributed by atoms with E-state index in [1.165, 1.54) is 22.3 Å². The van der Waals surface area contributed by atoms with Crippen LogP contribution in [0.2, 0.25) is 0 Å². The number of aromatic nitrogens is 2. The molecule has 0 bridgehead atoms. The molecule has 0 fully saturated rings. The first kappa shape index (κ1) is 46.4. The third kappa shape index (κ3) is 8.64. The van der Waals surface area contributed by atoms with Gasteiger partial charge in [-0.3, -0.25) is 0 Å². The van der Waals surface area contributed by atoms with Crippen molar-refractivity contribution in [3.63, 3.8) is 0 Å². The van der Waals surface area contributed by atoms with Gasteiger partial charge in [0.1, 0.15) is 5.82 Å². The molecule has 1 aliphatic heterocycles. The molecule has 5 nitrogen and oxygen atoms in total. The van der Waals surface area contributed by atoms with Crippen LogP contribution in [0.15, 0.2) is 140 Å². The van der Waals surface area contributed by atoms with Gasteiger partial charge in [-0.25, -0.2) is 4.98 Å². The second-order valence-electron chi connectivity index (χ2n) is 20.4. The van der Waals surface area contributed by atoms with Gasteiger partial charge in [-0.15, -0.1) is 53.6 Å². The molecule has 0 radical (unpaired) electrons. The Morgan fingerprint density at radius 1 is 0.516 bits per heavy atom.